The van der Waals surface area contributed by atoms with E-state index in [2.05, 4.69) is 25.2 Å². The van der Waals surface area contributed by atoms with Crippen molar-refractivity contribution < 1.29 is 4.79 Å². The Kier molecular flexibility index (Phi) is 3.51. The first-order chi connectivity index (χ1) is 6.99. The molecule has 1 aliphatic rings. The van der Waals surface area contributed by atoms with Crippen LogP contribution in [-0.4, -0.2) is 5.91 Å². The van der Waals surface area contributed by atoms with E-state index in [1.165, 1.54) is 11.1 Å². The van der Waals surface area contributed by atoms with Crippen molar-refractivity contribution in [1.29, 1.82) is 0 Å². The third-order valence-corrected chi connectivity index (χ3v) is 2.98. The van der Waals surface area contributed by atoms with Gasteiger partial charge >= 0.3 is 0 Å². The Bertz CT molecular complexity index is 383. The number of carbonyl (C=O) groups is 1. The number of amides is 1. The molecule has 0 radical (unpaired) electrons. The highest BCUT2D eigenvalue weighted by Crippen LogP contribution is 2.27. The van der Waals surface area contributed by atoms with Crippen molar-refractivity contribution in [2.45, 2.75) is 41.0 Å². The summed E-state index contributed by atoms with van der Waals surface area (Å²) in [7, 11) is 0. The van der Waals surface area contributed by atoms with Crippen LogP contribution in [0.1, 0.15) is 41.0 Å². The number of allylic oxidation sites excluding steroid dienone is 5. The fourth-order valence-corrected chi connectivity index (χ4v) is 1.72. The quantitative estimate of drug-likeness (QED) is 0.700. The van der Waals surface area contributed by atoms with Crippen molar-refractivity contribution in [3.63, 3.8) is 0 Å². The van der Waals surface area contributed by atoms with Crippen molar-refractivity contribution in [3.8, 4) is 0 Å². The molecule has 82 valence electrons. The van der Waals surface area contributed by atoms with E-state index in [1.807, 2.05) is 20.8 Å². The smallest absolute Gasteiger partial charge is 0.251 e. The standard InChI is InChI=1S/C13H19NO/c1-6-7-12-8(2)9(3)13(15)14-11(5)10(12)4/h7H,6H2,1-5H3,(H,14,15)/b12-7+. The highest BCUT2D eigenvalue weighted by atomic mass is 16.1. The molecule has 0 unspecified atom stereocenters. The summed E-state index contributed by atoms with van der Waals surface area (Å²) in [6, 6.07) is 0. The van der Waals surface area contributed by atoms with E-state index >= 15 is 0 Å². The Morgan fingerprint density at radius 1 is 1.07 bits per heavy atom. The van der Waals surface area contributed by atoms with Crippen molar-refractivity contribution in [2.24, 2.45) is 0 Å². The first kappa shape index (κ1) is 11.8. The minimum absolute atomic E-state index is 0.0175. The molecule has 0 fully saturated rings. The van der Waals surface area contributed by atoms with Crippen LogP contribution in [0.3, 0.4) is 0 Å². The first-order valence-corrected chi connectivity index (χ1v) is 5.36. The van der Waals surface area contributed by atoms with Gasteiger partial charge in [-0.05, 0) is 50.8 Å². The van der Waals surface area contributed by atoms with Gasteiger partial charge in [-0.1, -0.05) is 13.0 Å². The lowest BCUT2D eigenvalue weighted by molar-refractivity contribution is -0.116. The van der Waals surface area contributed by atoms with Crippen LogP contribution in [0.5, 0.6) is 0 Å². The lowest BCUT2D eigenvalue weighted by Crippen LogP contribution is -2.21. The fraction of sp³-hybridized carbons (Fsp3) is 0.462. The molecular formula is C13H19NO. The van der Waals surface area contributed by atoms with Gasteiger partial charge in [0.1, 0.15) is 0 Å². The first-order valence-electron chi connectivity index (χ1n) is 5.36. The molecular weight excluding hydrogens is 186 g/mol. The van der Waals surface area contributed by atoms with Crippen LogP contribution in [-0.2, 0) is 4.79 Å². The second-order valence-electron chi connectivity index (χ2n) is 3.98. The molecule has 0 aromatic carbocycles. The molecule has 0 atom stereocenters. The van der Waals surface area contributed by atoms with E-state index in [1.54, 1.807) is 0 Å². The Balaban J connectivity index is 3.37. The summed E-state index contributed by atoms with van der Waals surface area (Å²) in [5.41, 5.74) is 5.22. The van der Waals surface area contributed by atoms with Gasteiger partial charge in [-0.15, -0.1) is 0 Å². The van der Waals surface area contributed by atoms with Crippen LogP contribution in [0, 0.1) is 0 Å². The number of hydrogen-bond donors (Lipinski definition) is 1. The molecule has 0 aromatic heterocycles. The summed E-state index contributed by atoms with van der Waals surface area (Å²) in [5, 5.41) is 2.90. The Labute approximate surface area is 91.8 Å². The van der Waals surface area contributed by atoms with Gasteiger partial charge in [0.05, 0.1) is 0 Å². The van der Waals surface area contributed by atoms with E-state index in [-0.39, 0.29) is 5.91 Å². The van der Waals surface area contributed by atoms with Gasteiger partial charge in [0.25, 0.3) is 5.91 Å². The van der Waals surface area contributed by atoms with Crippen LogP contribution < -0.4 is 5.32 Å². The minimum Gasteiger partial charge on any atom is -0.326 e. The third-order valence-electron chi connectivity index (χ3n) is 2.98. The van der Waals surface area contributed by atoms with Crippen molar-refractivity contribution in [2.75, 3.05) is 0 Å². The molecule has 0 bridgehead atoms. The zero-order valence-corrected chi connectivity index (χ0v) is 10.2. The van der Waals surface area contributed by atoms with Crippen LogP contribution in [0.2, 0.25) is 0 Å². The summed E-state index contributed by atoms with van der Waals surface area (Å²) >= 11 is 0. The Morgan fingerprint density at radius 2 is 1.67 bits per heavy atom. The van der Waals surface area contributed by atoms with Crippen molar-refractivity contribution >= 4 is 5.91 Å². The molecule has 1 rings (SSSR count). The molecule has 0 saturated carbocycles. The summed E-state index contributed by atoms with van der Waals surface area (Å²) in [6.45, 7) is 10.00. The van der Waals surface area contributed by atoms with Crippen molar-refractivity contribution in [3.05, 3.63) is 34.1 Å². The largest absolute Gasteiger partial charge is 0.326 e. The molecule has 0 aromatic rings. The molecule has 0 spiro atoms. The van der Waals surface area contributed by atoms with Gasteiger partial charge in [-0.25, -0.2) is 0 Å². The number of rotatable bonds is 1. The van der Waals surface area contributed by atoms with E-state index in [0.29, 0.717) is 0 Å². The predicted octanol–water partition coefficient (Wildman–Crippen LogP) is 3.08. The summed E-state index contributed by atoms with van der Waals surface area (Å²) < 4.78 is 0. The lowest BCUT2D eigenvalue weighted by Gasteiger charge is -2.09. The maximum atomic E-state index is 11.7. The van der Waals surface area contributed by atoms with Crippen LogP contribution in [0.15, 0.2) is 34.1 Å². The fourth-order valence-electron chi connectivity index (χ4n) is 1.72. The highest BCUT2D eigenvalue weighted by Gasteiger charge is 2.18. The molecule has 1 heterocycles. The average molecular weight is 205 g/mol. The average Bonchev–Trinajstić information content (AvgIpc) is 2.26. The maximum absolute atomic E-state index is 11.7. The monoisotopic (exact) mass is 205 g/mol. The third kappa shape index (κ3) is 2.20. The van der Waals surface area contributed by atoms with Crippen LogP contribution >= 0.6 is 0 Å². The number of carbonyl (C=O) groups excluding carboxylic acids is 1. The molecule has 1 amide bonds. The normalized spacial score (nSPS) is 20.9. The molecule has 1 N–H and O–H groups in total. The van der Waals surface area contributed by atoms with Crippen LogP contribution in [0.4, 0.5) is 0 Å². The van der Waals surface area contributed by atoms with Gasteiger partial charge in [-0.3, -0.25) is 4.79 Å². The topological polar surface area (TPSA) is 29.1 Å². The number of hydrogen-bond acceptors (Lipinski definition) is 1. The van der Waals surface area contributed by atoms with E-state index in [9.17, 15) is 4.79 Å². The highest BCUT2D eigenvalue weighted by molar-refractivity contribution is 5.96. The Hall–Kier alpha value is -1.31. The van der Waals surface area contributed by atoms with Gasteiger partial charge < -0.3 is 5.32 Å². The van der Waals surface area contributed by atoms with Crippen LogP contribution in [0.25, 0.3) is 0 Å². The van der Waals surface area contributed by atoms with Gasteiger partial charge in [-0.2, -0.15) is 0 Å². The molecule has 2 nitrogen and oxygen atoms in total. The van der Waals surface area contributed by atoms with E-state index < -0.39 is 0 Å². The predicted molar refractivity (Wildman–Crippen MR) is 63.3 cm³/mol. The second-order valence-corrected chi connectivity index (χ2v) is 3.98. The molecule has 2 heteroatoms. The molecule has 15 heavy (non-hydrogen) atoms. The Morgan fingerprint density at radius 3 is 2.20 bits per heavy atom. The van der Waals surface area contributed by atoms with Gasteiger partial charge in [0.2, 0.25) is 0 Å². The lowest BCUT2D eigenvalue weighted by atomic mass is 9.95. The summed E-state index contributed by atoms with van der Waals surface area (Å²) in [5.74, 6) is 0.0175. The maximum Gasteiger partial charge on any atom is 0.251 e. The molecule has 1 aliphatic heterocycles. The van der Waals surface area contributed by atoms with E-state index in [0.717, 1.165) is 23.3 Å². The SMILES string of the molecule is CC/C=C1/C(C)=C(C)NC(=O)C(C)=C1C. The van der Waals surface area contributed by atoms with E-state index in [4.69, 9.17) is 0 Å². The molecule has 0 aliphatic carbocycles. The zero-order chi connectivity index (χ0) is 11.6. The van der Waals surface area contributed by atoms with Gasteiger partial charge in [0, 0.05) is 11.3 Å². The zero-order valence-electron chi connectivity index (χ0n) is 10.2. The minimum atomic E-state index is 0.0175. The molecule has 0 saturated heterocycles. The van der Waals surface area contributed by atoms with Crippen molar-refractivity contribution in [1.82, 2.24) is 5.32 Å². The number of nitrogens with one attached hydrogen (secondary N) is 1. The summed E-state index contributed by atoms with van der Waals surface area (Å²) in [4.78, 5) is 11.7. The second kappa shape index (κ2) is 4.47. The summed E-state index contributed by atoms with van der Waals surface area (Å²) in [6.07, 6.45) is 3.16. The van der Waals surface area contributed by atoms with Gasteiger partial charge in [0.15, 0.2) is 0 Å².